The molecule has 4 bridgehead atoms. The largest absolute Gasteiger partial charge is 0.377 e. The van der Waals surface area contributed by atoms with Gasteiger partial charge < -0.3 is 26.2 Å². The number of carbonyl (C=O) groups excluding carboxylic acids is 4. The number of nitrogens with one attached hydrogen (secondary N) is 5. The second-order valence-electron chi connectivity index (χ2n) is 21.7. The molecule has 6 aliphatic rings. The molecule has 10 nitrogen and oxygen atoms in total. The van der Waals surface area contributed by atoms with Crippen LogP contribution in [0.25, 0.3) is 0 Å². The average Bonchev–Trinajstić information content (AvgIpc) is 3.93. The van der Waals surface area contributed by atoms with Gasteiger partial charge in [-0.1, -0.05) is 108 Å². The zero-order valence-electron chi connectivity index (χ0n) is 37.0. The maximum Gasteiger partial charge on any atom is 0.267 e. The van der Waals surface area contributed by atoms with Crippen LogP contribution in [0.4, 0.5) is 0 Å². The lowest BCUT2D eigenvalue weighted by Crippen LogP contribution is -2.61. The number of hydrogen-bond donors (Lipinski definition) is 5. The quantitative estimate of drug-likeness (QED) is 0.129. The van der Waals surface area contributed by atoms with Gasteiger partial charge in [-0.05, 0) is 104 Å². The molecule has 6 rings (SSSR count). The first-order valence-electron chi connectivity index (χ1n) is 22.3. The van der Waals surface area contributed by atoms with Crippen molar-refractivity contribution in [3.05, 3.63) is 12.3 Å². The van der Waals surface area contributed by atoms with Crippen molar-refractivity contribution in [3.63, 3.8) is 0 Å². The summed E-state index contributed by atoms with van der Waals surface area (Å²) in [5.41, 5.74) is 0.482. The summed E-state index contributed by atoms with van der Waals surface area (Å²) in [4.78, 5) is 58.9. The SMILES string of the molecule is C=C(NC1C(=O)N[C@@H](C(C)(C)C)C(=O)N2C[C@@]3(C[C@H]2C(=O)NC(CCC)C(=N)C(=O)NC2CC2)C2(CCC2)C3(C)C2CCCC1C2)C(C)CCC.CC(C)(C)C. The van der Waals surface area contributed by atoms with Gasteiger partial charge in [-0.3, -0.25) is 24.6 Å². The topological polar surface area (TPSA) is 143 Å². The van der Waals surface area contributed by atoms with E-state index in [1.165, 1.54) is 0 Å². The number of carbonyl (C=O) groups is 4. The van der Waals surface area contributed by atoms with Gasteiger partial charge in [0.1, 0.15) is 23.8 Å². The standard InChI is InChI=1S/C41H66N6O4.C5H12/c1-9-13-24(3)25(4)43-32-26-15-11-16-27(21-26)39(8)40(19-12-20-40)41(39)22-30(47(23-41)37(51)33(38(5,6)7)46-36(32)50)34(48)45-29(14-10-2)31(42)35(49)44-28-17-18-28;1-5(2,3)4/h24,26-30,32-33,42-43H,4,9-23H2,1-3,5-8H3,(H,44,49)(H,45,48)(H,46,50);1-4H3/t24?,26?,27?,29?,30-,32?,33+,39?,41+;/m0./s1. The maximum absolute atomic E-state index is 15.0. The fourth-order valence-electron chi connectivity index (χ4n) is 11.4. The van der Waals surface area contributed by atoms with E-state index in [-0.39, 0.29) is 57.6 Å². The van der Waals surface area contributed by atoms with Crippen LogP contribution in [0, 0.1) is 50.2 Å². The van der Waals surface area contributed by atoms with Crippen LogP contribution in [0.1, 0.15) is 166 Å². The zero-order chi connectivity index (χ0) is 41.6. The third-order valence-corrected chi connectivity index (χ3v) is 14.7. The molecule has 0 aromatic heterocycles. The Hall–Kier alpha value is -2.91. The Morgan fingerprint density at radius 3 is 2.11 bits per heavy atom. The minimum absolute atomic E-state index is 0.0475. The molecule has 2 aliphatic heterocycles. The first-order chi connectivity index (χ1) is 26.0. The lowest BCUT2D eigenvalue weighted by atomic mass is 9.65. The highest BCUT2D eigenvalue weighted by Crippen LogP contribution is 2.91. The zero-order valence-corrected chi connectivity index (χ0v) is 37.0. The molecule has 56 heavy (non-hydrogen) atoms. The van der Waals surface area contributed by atoms with Crippen LogP contribution in [-0.2, 0) is 19.2 Å². The molecule has 4 aliphatic carbocycles. The Morgan fingerprint density at radius 2 is 1.57 bits per heavy atom. The first-order valence-corrected chi connectivity index (χ1v) is 22.3. The highest BCUT2D eigenvalue weighted by atomic mass is 16.2. The van der Waals surface area contributed by atoms with E-state index in [4.69, 9.17) is 5.41 Å². The number of amides is 4. The summed E-state index contributed by atoms with van der Waals surface area (Å²) in [5.74, 6) is -0.358. The normalized spacial score (nSPS) is 33.1. The van der Waals surface area contributed by atoms with E-state index in [2.05, 4.69) is 76.3 Å². The molecular weight excluding hydrogens is 701 g/mol. The Morgan fingerprint density at radius 1 is 0.946 bits per heavy atom. The fraction of sp³-hybridized carbons (Fsp3) is 0.848. The minimum atomic E-state index is -0.837. The molecule has 4 saturated carbocycles. The second kappa shape index (κ2) is 16.4. The predicted octanol–water partition coefficient (Wildman–Crippen LogP) is 7.66. The molecule has 9 atom stereocenters. The summed E-state index contributed by atoms with van der Waals surface area (Å²) < 4.78 is 0. The molecular formula is C46H78N6O4. The number of hydrogen-bond acceptors (Lipinski definition) is 6. The number of fused-ring (bicyclic) bond motifs is 5. The van der Waals surface area contributed by atoms with Gasteiger partial charge >= 0.3 is 0 Å². The van der Waals surface area contributed by atoms with Crippen LogP contribution in [0.2, 0.25) is 0 Å². The Balaban J connectivity index is 0.00000113. The van der Waals surface area contributed by atoms with Crippen LogP contribution in [0.3, 0.4) is 0 Å². The summed E-state index contributed by atoms with van der Waals surface area (Å²) in [6, 6.07) is -2.67. The molecule has 0 aromatic carbocycles. The van der Waals surface area contributed by atoms with Crippen LogP contribution in [0.15, 0.2) is 12.3 Å². The summed E-state index contributed by atoms with van der Waals surface area (Å²) in [6.45, 7) is 28.4. The van der Waals surface area contributed by atoms with E-state index in [1.54, 1.807) is 4.90 Å². The molecule has 5 N–H and O–H groups in total. The molecule has 2 spiro atoms. The van der Waals surface area contributed by atoms with E-state index in [1.807, 2.05) is 27.7 Å². The lowest BCUT2D eigenvalue weighted by molar-refractivity contribution is -0.144. The summed E-state index contributed by atoms with van der Waals surface area (Å²) in [5, 5.41) is 21.6. The summed E-state index contributed by atoms with van der Waals surface area (Å²) in [6.07, 6.45) is 13.0. The van der Waals surface area contributed by atoms with Crippen molar-refractivity contribution in [1.82, 2.24) is 26.2 Å². The molecule has 4 amide bonds. The molecule has 6 fully saturated rings. The molecule has 10 heteroatoms. The Bertz CT molecular complexity index is 1510. The van der Waals surface area contributed by atoms with Crippen LogP contribution >= 0.6 is 0 Å². The molecule has 2 saturated heterocycles. The summed E-state index contributed by atoms with van der Waals surface area (Å²) in [7, 11) is 0. The van der Waals surface area contributed by atoms with E-state index < -0.39 is 35.5 Å². The molecule has 0 radical (unpaired) electrons. The van der Waals surface area contributed by atoms with Crippen LogP contribution in [-0.4, -0.2) is 71.0 Å². The van der Waals surface area contributed by atoms with Gasteiger partial charge in [-0.15, -0.1) is 0 Å². The van der Waals surface area contributed by atoms with E-state index in [9.17, 15) is 14.4 Å². The smallest absolute Gasteiger partial charge is 0.267 e. The van der Waals surface area contributed by atoms with Gasteiger partial charge in [0.2, 0.25) is 17.7 Å². The Labute approximate surface area is 339 Å². The van der Waals surface area contributed by atoms with Gasteiger partial charge in [0.05, 0.1) is 6.04 Å². The first kappa shape index (κ1) is 44.2. The van der Waals surface area contributed by atoms with Gasteiger partial charge in [-0.25, -0.2) is 0 Å². The van der Waals surface area contributed by atoms with Crippen molar-refractivity contribution in [2.45, 2.75) is 196 Å². The lowest BCUT2D eigenvalue weighted by Gasteiger charge is -2.42. The number of nitrogens with zero attached hydrogens (tertiary/aromatic N) is 1. The maximum atomic E-state index is 15.0. The van der Waals surface area contributed by atoms with Crippen molar-refractivity contribution in [2.75, 3.05) is 6.54 Å². The van der Waals surface area contributed by atoms with Crippen LogP contribution in [0.5, 0.6) is 0 Å². The van der Waals surface area contributed by atoms with E-state index in [0.29, 0.717) is 37.1 Å². The van der Waals surface area contributed by atoms with Crippen molar-refractivity contribution in [2.24, 2.45) is 44.8 Å². The average molecular weight is 779 g/mol. The molecule has 0 aromatic rings. The summed E-state index contributed by atoms with van der Waals surface area (Å²) >= 11 is 0. The van der Waals surface area contributed by atoms with Gasteiger partial charge in [0.15, 0.2) is 0 Å². The third kappa shape index (κ3) is 8.46. The second-order valence-corrected chi connectivity index (χ2v) is 21.7. The van der Waals surface area contributed by atoms with Gasteiger partial charge in [0.25, 0.3) is 5.91 Å². The van der Waals surface area contributed by atoms with Crippen molar-refractivity contribution < 1.29 is 19.2 Å². The fourth-order valence-corrected chi connectivity index (χ4v) is 11.4. The van der Waals surface area contributed by atoms with E-state index in [0.717, 1.165) is 76.3 Å². The van der Waals surface area contributed by atoms with Crippen molar-refractivity contribution >= 4 is 29.3 Å². The van der Waals surface area contributed by atoms with Crippen molar-refractivity contribution in [3.8, 4) is 0 Å². The van der Waals surface area contributed by atoms with E-state index >= 15 is 4.79 Å². The minimum Gasteiger partial charge on any atom is -0.377 e. The Kier molecular flexibility index (Phi) is 12.9. The highest BCUT2D eigenvalue weighted by molar-refractivity contribution is 6.40. The molecule has 2 heterocycles. The van der Waals surface area contributed by atoms with Crippen molar-refractivity contribution in [1.29, 1.82) is 5.41 Å². The third-order valence-electron chi connectivity index (χ3n) is 14.7. The van der Waals surface area contributed by atoms with Gasteiger partial charge in [-0.2, -0.15) is 0 Å². The highest BCUT2D eigenvalue weighted by Gasteiger charge is 2.88. The predicted molar refractivity (Wildman–Crippen MR) is 225 cm³/mol. The molecule has 6 unspecified atom stereocenters. The monoisotopic (exact) mass is 779 g/mol. The number of allylic oxidation sites excluding steroid dienone is 1. The van der Waals surface area contributed by atoms with Crippen LogP contribution < -0.4 is 21.3 Å². The number of rotatable bonds is 12. The molecule has 316 valence electrons. The van der Waals surface area contributed by atoms with Gasteiger partial charge in [0, 0.05) is 23.7 Å².